The van der Waals surface area contributed by atoms with Gasteiger partial charge in [-0.25, -0.2) is 0 Å². The summed E-state index contributed by atoms with van der Waals surface area (Å²) in [6, 6.07) is 8.71. The molecule has 0 unspecified atom stereocenters. The first-order valence-corrected chi connectivity index (χ1v) is 12.2. The van der Waals surface area contributed by atoms with Gasteiger partial charge in [0.15, 0.2) is 20.5 Å². The fourth-order valence-corrected chi connectivity index (χ4v) is 6.24. The fourth-order valence-electron chi connectivity index (χ4n) is 3.16. The topological polar surface area (TPSA) is 75.7 Å². The lowest BCUT2D eigenvalue weighted by atomic mass is 10.1. The van der Waals surface area contributed by atoms with E-state index >= 15 is 0 Å². The largest absolute Gasteiger partial charge is 0.440 e. The molecule has 1 aliphatic heterocycles. The molecule has 2 amide bonds. The smallest absolute Gasteiger partial charge is 0.304 e. The maximum atomic E-state index is 12.3. The number of fused-ring (bicyclic) bond motifs is 1. The molecule has 142 valence electrons. The van der Waals surface area contributed by atoms with Gasteiger partial charge in [-0.15, -0.1) is 0 Å². The molecule has 1 N–H and O–H groups in total. The molecular formula is C19H28N2O4Si. The number of ether oxygens (including phenoxy) is 1. The molecule has 6 nitrogen and oxygen atoms in total. The third-order valence-corrected chi connectivity index (χ3v) is 7.95. The van der Waals surface area contributed by atoms with Crippen molar-refractivity contribution in [3.05, 3.63) is 24.3 Å². The number of hydrogen-bond acceptors (Lipinski definition) is 4. The molecule has 2 aliphatic carbocycles. The van der Waals surface area contributed by atoms with Crippen LogP contribution in [0, 0.1) is 0 Å². The van der Waals surface area contributed by atoms with Gasteiger partial charge in [0, 0.05) is 13.8 Å². The van der Waals surface area contributed by atoms with Gasteiger partial charge in [-0.05, 0) is 23.2 Å². The molecule has 0 bridgehead atoms. The van der Waals surface area contributed by atoms with Gasteiger partial charge in [-0.1, -0.05) is 51.1 Å². The van der Waals surface area contributed by atoms with Crippen molar-refractivity contribution in [2.45, 2.75) is 65.0 Å². The normalized spacial score (nSPS) is 19.7. The van der Waals surface area contributed by atoms with Crippen LogP contribution in [-0.4, -0.2) is 42.9 Å². The second kappa shape index (κ2) is 8.03. The number of carbonyl (C=O) groups is 3. The third kappa shape index (κ3) is 4.72. The first-order chi connectivity index (χ1) is 12.2. The molecule has 0 radical (unpaired) electrons. The first-order valence-electron chi connectivity index (χ1n) is 9.05. The van der Waals surface area contributed by atoms with Crippen LogP contribution in [0.3, 0.4) is 0 Å². The summed E-state index contributed by atoms with van der Waals surface area (Å²) in [5.74, 6) is -0.879. The number of unbranched alkanes of at least 4 members (excludes halogenated alkanes) is 1. The summed E-state index contributed by atoms with van der Waals surface area (Å²) in [5, 5.41) is 2.56. The maximum Gasteiger partial charge on any atom is 0.304 e. The Morgan fingerprint density at radius 3 is 2.23 bits per heavy atom. The predicted octanol–water partition coefficient (Wildman–Crippen LogP) is 2.89. The lowest BCUT2D eigenvalue weighted by Crippen LogP contribution is -2.77. The number of carbonyl (C=O) groups excluding carboxylic acids is 3. The average molecular weight is 377 g/mol. The van der Waals surface area contributed by atoms with Crippen LogP contribution in [0.15, 0.2) is 24.3 Å². The molecule has 1 heterocycles. The lowest BCUT2D eigenvalue weighted by molar-refractivity contribution is -0.179. The molecular weight excluding hydrogens is 348 g/mol. The molecule has 26 heavy (non-hydrogen) atoms. The Labute approximate surface area is 156 Å². The second-order valence-electron chi connectivity index (χ2n) is 7.38. The SMILES string of the molecule is CCCC[Si](C)(C)N1C(=O)[C@@H](NC(C)=O)[C@@H]1OC(C)=O.c1cc2cc-2c1. The summed E-state index contributed by atoms with van der Waals surface area (Å²) >= 11 is 0. The van der Waals surface area contributed by atoms with E-state index in [9.17, 15) is 14.4 Å². The Bertz CT molecular complexity index is 687. The van der Waals surface area contributed by atoms with E-state index in [2.05, 4.69) is 49.6 Å². The Morgan fingerprint density at radius 1 is 1.23 bits per heavy atom. The minimum atomic E-state index is -1.97. The lowest BCUT2D eigenvalue weighted by Gasteiger charge is -2.53. The van der Waals surface area contributed by atoms with Gasteiger partial charge in [-0.2, -0.15) is 0 Å². The van der Waals surface area contributed by atoms with E-state index < -0.39 is 26.5 Å². The first kappa shape index (κ1) is 20.2. The highest BCUT2D eigenvalue weighted by atomic mass is 28.3. The van der Waals surface area contributed by atoms with E-state index in [1.165, 1.54) is 25.0 Å². The van der Waals surface area contributed by atoms with Crippen molar-refractivity contribution in [3.8, 4) is 11.1 Å². The maximum absolute atomic E-state index is 12.3. The van der Waals surface area contributed by atoms with Crippen LogP contribution < -0.4 is 5.32 Å². The molecule has 1 fully saturated rings. The summed E-state index contributed by atoms with van der Waals surface area (Å²) in [4.78, 5) is 34.6. The summed E-state index contributed by atoms with van der Waals surface area (Å²) < 4.78 is 6.93. The van der Waals surface area contributed by atoms with Crippen LogP contribution in [0.25, 0.3) is 11.1 Å². The minimum Gasteiger partial charge on any atom is -0.440 e. The van der Waals surface area contributed by atoms with Crippen LogP contribution in [-0.2, 0) is 19.1 Å². The van der Waals surface area contributed by atoms with Crippen LogP contribution in [0.5, 0.6) is 0 Å². The molecule has 7 heteroatoms. The van der Waals surface area contributed by atoms with Crippen molar-refractivity contribution in [3.63, 3.8) is 0 Å². The molecule has 3 aliphatic rings. The highest BCUT2D eigenvalue weighted by Crippen LogP contribution is 2.33. The molecule has 2 atom stereocenters. The number of esters is 1. The van der Waals surface area contributed by atoms with Crippen molar-refractivity contribution < 1.29 is 19.1 Å². The highest BCUT2D eigenvalue weighted by Gasteiger charge is 2.56. The number of nitrogens with zero attached hydrogens (tertiary/aromatic N) is 1. The zero-order chi connectivity index (χ0) is 19.5. The number of benzene rings is 1. The third-order valence-electron chi connectivity index (χ3n) is 4.60. The van der Waals surface area contributed by atoms with Crippen LogP contribution in [0.4, 0.5) is 0 Å². The van der Waals surface area contributed by atoms with Crippen molar-refractivity contribution in [1.82, 2.24) is 9.88 Å². The molecule has 3 rings (SSSR count). The van der Waals surface area contributed by atoms with Gasteiger partial charge in [-0.3, -0.25) is 14.4 Å². The molecule has 0 aromatic carbocycles. The van der Waals surface area contributed by atoms with Crippen molar-refractivity contribution in [2.24, 2.45) is 0 Å². The van der Waals surface area contributed by atoms with E-state index in [1.54, 1.807) is 4.57 Å². The zero-order valence-electron chi connectivity index (χ0n) is 16.2. The summed E-state index contributed by atoms with van der Waals surface area (Å²) in [6.07, 6.45) is 1.45. The van der Waals surface area contributed by atoms with E-state index in [4.69, 9.17) is 4.74 Å². The Hall–Kier alpha value is -2.15. The number of β-lactam (4-membered cyclic amide) rings is 1. The molecule has 0 saturated carbocycles. The van der Waals surface area contributed by atoms with Crippen molar-refractivity contribution in [2.75, 3.05) is 0 Å². The van der Waals surface area contributed by atoms with E-state index in [0.717, 1.165) is 18.9 Å². The summed E-state index contributed by atoms with van der Waals surface area (Å²) in [5.41, 5.74) is 2.85. The second-order valence-corrected chi connectivity index (χ2v) is 12.0. The van der Waals surface area contributed by atoms with E-state index in [0.29, 0.717) is 0 Å². The van der Waals surface area contributed by atoms with Crippen LogP contribution in [0.2, 0.25) is 19.1 Å². The van der Waals surface area contributed by atoms with Gasteiger partial charge < -0.3 is 14.6 Å². The van der Waals surface area contributed by atoms with Gasteiger partial charge in [0.05, 0.1) is 0 Å². The van der Waals surface area contributed by atoms with E-state index in [-0.39, 0.29) is 11.8 Å². The van der Waals surface area contributed by atoms with Crippen molar-refractivity contribution >= 4 is 26.0 Å². The Balaban J connectivity index is 0.000000331. The number of rotatable bonds is 6. The summed E-state index contributed by atoms with van der Waals surface area (Å²) in [7, 11) is -1.97. The van der Waals surface area contributed by atoms with Crippen molar-refractivity contribution in [1.29, 1.82) is 0 Å². The van der Waals surface area contributed by atoms with Gasteiger partial charge in [0.2, 0.25) is 11.8 Å². The molecule has 0 aromatic heterocycles. The summed E-state index contributed by atoms with van der Waals surface area (Å²) in [6.45, 7) is 8.93. The number of hydrogen-bond donors (Lipinski definition) is 1. The van der Waals surface area contributed by atoms with Crippen LogP contribution >= 0.6 is 0 Å². The minimum absolute atomic E-state index is 0.140. The number of nitrogens with one attached hydrogen (secondary N) is 1. The van der Waals surface area contributed by atoms with Crippen LogP contribution in [0.1, 0.15) is 33.6 Å². The van der Waals surface area contributed by atoms with Gasteiger partial charge >= 0.3 is 5.97 Å². The highest BCUT2D eigenvalue weighted by molar-refractivity contribution is 6.77. The average Bonchev–Trinajstić information content (AvgIpc) is 3.15. The quantitative estimate of drug-likeness (QED) is 0.478. The Morgan fingerprint density at radius 2 is 1.85 bits per heavy atom. The Kier molecular flexibility index (Phi) is 6.23. The fraction of sp³-hybridized carbons (Fsp3) is 0.526. The number of amides is 2. The molecule has 0 aromatic rings. The van der Waals surface area contributed by atoms with Gasteiger partial charge in [0.1, 0.15) is 0 Å². The monoisotopic (exact) mass is 376 g/mol. The zero-order valence-corrected chi connectivity index (χ0v) is 17.2. The van der Waals surface area contributed by atoms with E-state index in [1.807, 2.05) is 0 Å². The standard InChI is InChI=1S/C13H24N2O4Si.C6H4/c1-6-7-8-20(4,5)15-12(18)11(14-9(2)16)13(15)19-10(3)17;1-2-5-4-6(5)3-1/h11,13H,6-8H2,1-5H3,(H,14,16);1-4H/t11-,13+;/m1./s1. The van der Waals surface area contributed by atoms with Gasteiger partial charge in [0.25, 0.3) is 0 Å². The molecule has 0 spiro atoms. The molecule has 1 saturated heterocycles. The predicted molar refractivity (Wildman–Crippen MR) is 103 cm³/mol.